The maximum atomic E-state index is 3.53. The summed E-state index contributed by atoms with van der Waals surface area (Å²) < 4.78 is 0. The summed E-state index contributed by atoms with van der Waals surface area (Å²) in [5, 5.41) is 5.69. The molecule has 0 aliphatic rings. The highest BCUT2D eigenvalue weighted by molar-refractivity contribution is 7.09. The van der Waals surface area contributed by atoms with E-state index in [0.29, 0.717) is 5.41 Å². The molecule has 0 spiro atoms. The third-order valence-corrected chi connectivity index (χ3v) is 4.72. The standard InChI is InChI=1S/C15H28N2S/c1-5-15(6-2,12-16-7-3)13-17(4)11-14-9-8-10-18-14/h8-10,16H,5-7,11-13H2,1-4H3. The molecule has 2 nitrogen and oxygen atoms in total. The SMILES string of the molecule is CCNCC(CC)(CC)CN(C)Cc1cccs1. The van der Waals surface area contributed by atoms with Crippen molar-refractivity contribution in [1.29, 1.82) is 0 Å². The van der Waals surface area contributed by atoms with Crippen molar-refractivity contribution in [2.45, 2.75) is 40.2 Å². The van der Waals surface area contributed by atoms with Crippen LogP contribution in [0.1, 0.15) is 38.5 Å². The lowest BCUT2D eigenvalue weighted by Crippen LogP contribution is -2.42. The van der Waals surface area contributed by atoms with E-state index < -0.39 is 0 Å². The molecule has 0 bridgehead atoms. The third-order valence-electron chi connectivity index (χ3n) is 3.86. The molecule has 0 saturated carbocycles. The van der Waals surface area contributed by atoms with E-state index in [-0.39, 0.29) is 0 Å². The van der Waals surface area contributed by atoms with Crippen molar-refractivity contribution in [2.24, 2.45) is 5.41 Å². The molecule has 0 aromatic carbocycles. The van der Waals surface area contributed by atoms with Gasteiger partial charge in [-0.1, -0.05) is 26.8 Å². The summed E-state index contributed by atoms with van der Waals surface area (Å²) >= 11 is 1.85. The molecular formula is C15H28N2S. The normalized spacial score (nSPS) is 12.3. The molecule has 0 fully saturated rings. The summed E-state index contributed by atoms with van der Waals surface area (Å²) in [5.74, 6) is 0. The van der Waals surface area contributed by atoms with E-state index in [1.165, 1.54) is 24.3 Å². The predicted octanol–water partition coefficient (Wildman–Crippen LogP) is 3.60. The van der Waals surface area contributed by atoms with Crippen molar-refractivity contribution in [2.75, 3.05) is 26.7 Å². The second-order valence-corrected chi connectivity index (χ2v) is 6.27. The lowest BCUT2D eigenvalue weighted by atomic mass is 9.81. The summed E-state index contributed by atoms with van der Waals surface area (Å²) in [6.45, 7) is 11.3. The fourth-order valence-corrected chi connectivity index (χ4v) is 3.25. The van der Waals surface area contributed by atoms with Gasteiger partial charge in [-0.3, -0.25) is 0 Å². The highest BCUT2D eigenvalue weighted by Crippen LogP contribution is 2.27. The Kier molecular flexibility index (Phi) is 6.90. The number of thiophene rings is 1. The predicted molar refractivity (Wildman–Crippen MR) is 82.2 cm³/mol. The molecule has 1 aromatic heterocycles. The van der Waals surface area contributed by atoms with Crippen molar-refractivity contribution < 1.29 is 0 Å². The van der Waals surface area contributed by atoms with Crippen LogP contribution in [0.25, 0.3) is 0 Å². The Labute approximate surface area is 116 Å². The number of rotatable bonds is 9. The molecule has 18 heavy (non-hydrogen) atoms. The summed E-state index contributed by atoms with van der Waals surface area (Å²) in [7, 11) is 2.24. The van der Waals surface area contributed by atoms with Gasteiger partial charge in [0.25, 0.3) is 0 Å². The Morgan fingerprint density at radius 2 is 2.00 bits per heavy atom. The minimum absolute atomic E-state index is 0.419. The second kappa shape index (κ2) is 7.93. The van der Waals surface area contributed by atoms with Crippen LogP contribution in [0, 0.1) is 5.41 Å². The van der Waals surface area contributed by atoms with Crippen LogP contribution < -0.4 is 5.32 Å². The zero-order chi connectivity index (χ0) is 13.4. The molecule has 3 heteroatoms. The van der Waals surface area contributed by atoms with E-state index >= 15 is 0 Å². The van der Waals surface area contributed by atoms with E-state index in [2.05, 4.69) is 55.5 Å². The minimum atomic E-state index is 0.419. The van der Waals surface area contributed by atoms with E-state index in [9.17, 15) is 0 Å². The summed E-state index contributed by atoms with van der Waals surface area (Å²) in [4.78, 5) is 3.93. The van der Waals surface area contributed by atoms with Crippen LogP contribution in [-0.4, -0.2) is 31.6 Å². The van der Waals surface area contributed by atoms with Crippen molar-refractivity contribution in [3.8, 4) is 0 Å². The van der Waals surface area contributed by atoms with Crippen molar-refractivity contribution in [3.63, 3.8) is 0 Å². The van der Waals surface area contributed by atoms with Gasteiger partial charge in [0.1, 0.15) is 0 Å². The molecule has 0 radical (unpaired) electrons. The topological polar surface area (TPSA) is 15.3 Å². The molecule has 104 valence electrons. The zero-order valence-corrected chi connectivity index (χ0v) is 13.1. The van der Waals surface area contributed by atoms with Crippen LogP contribution in [0.5, 0.6) is 0 Å². The molecule has 1 N–H and O–H groups in total. The van der Waals surface area contributed by atoms with E-state index in [0.717, 1.165) is 19.6 Å². The highest BCUT2D eigenvalue weighted by Gasteiger charge is 2.27. The first-order valence-electron chi connectivity index (χ1n) is 7.07. The Hall–Kier alpha value is -0.380. The van der Waals surface area contributed by atoms with Crippen LogP contribution in [0.3, 0.4) is 0 Å². The smallest absolute Gasteiger partial charge is 0.0325 e. The van der Waals surface area contributed by atoms with Crippen LogP contribution in [0.2, 0.25) is 0 Å². The molecule has 1 aromatic rings. The highest BCUT2D eigenvalue weighted by atomic mass is 32.1. The van der Waals surface area contributed by atoms with Gasteiger partial charge in [0.05, 0.1) is 0 Å². The monoisotopic (exact) mass is 268 g/mol. The van der Waals surface area contributed by atoms with Crippen LogP contribution in [-0.2, 0) is 6.54 Å². The number of nitrogens with one attached hydrogen (secondary N) is 1. The van der Waals surface area contributed by atoms with Crippen LogP contribution in [0.15, 0.2) is 17.5 Å². The fraction of sp³-hybridized carbons (Fsp3) is 0.733. The van der Waals surface area contributed by atoms with E-state index in [4.69, 9.17) is 0 Å². The number of hydrogen-bond donors (Lipinski definition) is 1. The fourth-order valence-electron chi connectivity index (χ4n) is 2.47. The average Bonchev–Trinajstić information content (AvgIpc) is 2.87. The first kappa shape index (κ1) is 15.7. The van der Waals surface area contributed by atoms with Gasteiger partial charge in [0, 0.05) is 24.5 Å². The lowest BCUT2D eigenvalue weighted by molar-refractivity contribution is 0.152. The molecule has 1 rings (SSSR count). The van der Waals surface area contributed by atoms with Crippen molar-refractivity contribution in [1.82, 2.24) is 10.2 Å². The van der Waals surface area contributed by atoms with E-state index in [1.807, 2.05) is 11.3 Å². The Balaban J connectivity index is 2.53. The minimum Gasteiger partial charge on any atom is -0.316 e. The molecular weight excluding hydrogens is 240 g/mol. The first-order valence-corrected chi connectivity index (χ1v) is 7.95. The van der Waals surface area contributed by atoms with Crippen molar-refractivity contribution in [3.05, 3.63) is 22.4 Å². The van der Waals surface area contributed by atoms with Crippen LogP contribution >= 0.6 is 11.3 Å². The molecule has 0 aliphatic heterocycles. The molecule has 0 unspecified atom stereocenters. The van der Waals surface area contributed by atoms with Crippen molar-refractivity contribution >= 4 is 11.3 Å². The summed E-state index contributed by atoms with van der Waals surface area (Å²) in [6, 6.07) is 4.37. The maximum absolute atomic E-state index is 3.53. The number of hydrogen-bond acceptors (Lipinski definition) is 3. The molecule has 0 saturated heterocycles. The first-order chi connectivity index (χ1) is 8.65. The third kappa shape index (κ3) is 4.71. The summed E-state index contributed by atoms with van der Waals surface area (Å²) in [6.07, 6.45) is 2.48. The molecule has 0 atom stereocenters. The lowest BCUT2D eigenvalue weighted by Gasteiger charge is -2.36. The van der Waals surface area contributed by atoms with Gasteiger partial charge in [-0.05, 0) is 43.3 Å². The quantitative estimate of drug-likeness (QED) is 0.736. The molecule has 1 heterocycles. The zero-order valence-electron chi connectivity index (χ0n) is 12.3. The van der Waals surface area contributed by atoms with Gasteiger partial charge in [0.2, 0.25) is 0 Å². The second-order valence-electron chi connectivity index (χ2n) is 5.24. The molecule has 0 aliphatic carbocycles. The van der Waals surface area contributed by atoms with Gasteiger partial charge in [-0.2, -0.15) is 0 Å². The van der Waals surface area contributed by atoms with Gasteiger partial charge >= 0.3 is 0 Å². The van der Waals surface area contributed by atoms with Gasteiger partial charge in [-0.25, -0.2) is 0 Å². The van der Waals surface area contributed by atoms with Crippen LogP contribution in [0.4, 0.5) is 0 Å². The average molecular weight is 268 g/mol. The number of nitrogens with zero attached hydrogens (tertiary/aromatic N) is 1. The maximum Gasteiger partial charge on any atom is 0.0325 e. The molecule has 0 amide bonds. The van der Waals surface area contributed by atoms with E-state index in [1.54, 1.807) is 0 Å². The Morgan fingerprint density at radius 1 is 1.28 bits per heavy atom. The van der Waals surface area contributed by atoms with Gasteiger partial charge in [-0.15, -0.1) is 11.3 Å². The van der Waals surface area contributed by atoms with Gasteiger partial charge in [0.15, 0.2) is 0 Å². The largest absolute Gasteiger partial charge is 0.316 e. The Bertz CT molecular complexity index is 304. The Morgan fingerprint density at radius 3 is 2.50 bits per heavy atom. The summed E-state index contributed by atoms with van der Waals surface area (Å²) in [5.41, 5.74) is 0.419. The van der Waals surface area contributed by atoms with Gasteiger partial charge < -0.3 is 10.2 Å².